The zero-order valence-corrected chi connectivity index (χ0v) is 12.5. The van der Waals surface area contributed by atoms with Gasteiger partial charge in [-0.3, -0.25) is 0 Å². The second-order valence-corrected chi connectivity index (χ2v) is 5.49. The van der Waals surface area contributed by atoms with E-state index in [4.69, 9.17) is 0 Å². The molecule has 0 bridgehead atoms. The maximum Gasteiger partial charge on any atom is 0.0512 e. The molecule has 0 radical (unpaired) electrons. The van der Waals surface area contributed by atoms with E-state index in [1.54, 1.807) is 0 Å². The Hall–Kier alpha value is -1.24. The molecule has 1 aromatic heterocycles. The molecule has 0 N–H and O–H groups in total. The Morgan fingerprint density at radius 1 is 0.895 bits per heavy atom. The van der Waals surface area contributed by atoms with Gasteiger partial charge in [0.2, 0.25) is 0 Å². The van der Waals surface area contributed by atoms with Gasteiger partial charge in [0.25, 0.3) is 0 Å². The Labute approximate surface area is 117 Å². The van der Waals surface area contributed by atoms with E-state index in [-0.39, 0.29) is 0 Å². The first-order valence-electron chi connectivity index (χ1n) is 7.93. The maximum absolute atomic E-state index is 2.45. The number of nitrogens with zero attached hydrogens (tertiary/aromatic N) is 1. The third-order valence-corrected chi connectivity index (χ3v) is 4.01. The highest BCUT2D eigenvalue weighted by Gasteiger charge is 2.04. The molecule has 0 fully saturated rings. The minimum atomic E-state index is 1.12. The van der Waals surface area contributed by atoms with E-state index in [1.807, 2.05) is 0 Å². The van der Waals surface area contributed by atoms with E-state index in [0.717, 1.165) is 6.42 Å². The highest BCUT2D eigenvalue weighted by Crippen LogP contribution is 2.21. The molecule has 0 saturated carbocycles. The van der Waals surface area contributed by atoms with Crippen LogP contribution in [0.5, 0.6) is 0 Å². The first-order valence-corrected chi connectivity index (χ1v) is 7.93. The van der Waals surface area contributed by atoms with Crippen molar-refractivity contribution in [2.75, 3.05) is 0 Å². The molecule has 2 rings (SSSR count). The van der Waals surface area contributed by atoms with E-state index in [9.17, 15) is 0 Å². The molecule has 0 aliphatic rings. The van der Waals surface area contributed by atoms with Gasteiger partial charge in [0.15, 0.2) is 0 Å². The van der Waals surface area contributed by atoms with Gasteiger partial charge in [-0.25, -0.2) is 0 Å². The smallest absolute Gasteiger partial charge is 0.0512 e. The first kappa shape index (κ1) is 14.2. The van der Waals surface area contributed by atoms with E-state index >= 15 is 0 Å². The Kier molecular flexibility index (Phi) is 5.50. The van der Waals surface area contributed by atoms with Gasteiger partial charge in [0, 0.05) is 12.7 Å². The zero-order chi connectivity index (χ0) is 13.5. The van der Waals surface area contributed by atoms with E-state index < -0.39 is 0 Å². The molecular weight excluding hydrogens is 230 g/mol. The van der Waals surface area contributed by atoms with E-state index in [0.29, 0.717) is 0 Å². The van der Waals surface area contributed by atoms with Crippen LogP contribution >= 0.6 is 0 Å². The molecule has 0 aliphatic heterocycles. The highest BCUT2D eigenvalue weighted by atomic mass is 14.9. The minimum Gasteiger partial charge on any atom is -0.347 e. The average Bonchev–Trinajstić information content (AvgIpc) is 2.86. The van der Waals surface area contributed by atoms with Crippen molar-refractivity contribution in [1.29, 1.82) is 0 Å². The van der Waals surface area contributed by atoms with Gasteiger partial charge in [-0.1, -0.05) is 64.2 Å². The molecule has 0 unspecified atom stereocenters. The first-order chi connectivity index (χ1) is 9.36. The van der Waals surface area contributed by atoms with Crippen LogP contribution in [0.15, 0.2) is 30.5 Å². The lowest BCUT2D eigenvalue weighted by atomic mass is 10.1. The molecule has 1 aromatic carbocycles. The summed E-state index contributed by atoms with van der Waals surface area (Å²) in [6, 6.07) is 8.92. The van der Waals surface area contributed by atoms with E-state index in [2.05, 4.69) is 48.9 Å². The predicted molar refractivity (Wildman–Crippen MR) is 84.7 cm³/mol. The normalized spacial score (nSPS) is 11.3. The SMILES string of the molecule is CCCCCCCCn1ccc2cccc(CC)c21. The Morgan fingerprint density at radius 3 is 2.47 bits per heavy atom. The van der Waals surface area contributed by atoms with Gasteiger partial charge in [-0.15, -0.1) is 0 Å². The van der Waals surface area contributed by atoms with Crippen molar-refractivity contribution in [3.05, 3.63) is 36.0 Å². The summed E-state index contributed by atoms with van der Waals surface area (Å²) in [5.74, 6) is 0. The summed E-state index contributed by atoms with van der Waals surface area (Å²) in [4.78, 5) is 0. The number of hydrogen-bond acceptors (Lipinski definition) is 0. The van der Waals surface area contributed by atoms with Crippen LogP contribution in [0.1, 0.15) is 57.9 Å². The number of aryl methyl sites for hydroxylation is 2. The standard InChI is InChI=1S/C18H27N/c1-3-5-6-7-8-9-14-19-15-13-17-12-10-11-16(4-2)18(17)19/h10-13,15H,3-9,14H2,1-2H3. The van der Waals surface area contributed by atoms with Crippen molar-refractivity contribution in [3.8, 4) is 0 Å². The van der Waals surface area contributed by atoms with Crippen molar-refractivity contribution >= 4 is 10.9 Å². The second kappa shape index (κ2) is 7.37. The zero-order valence-electron chi connectivity index (χ0n) is 12.5. The van der Waals surface area contributed by atoms with Crippen LogP contribution in [0.25, 0.3) is 10.9 Å². The molecular formula is C18H27N. The number of hydrogen-bond donors (Lipinski definition) is 0. The van der Waals surface area contributed by atoms with Gasteiger partial charge < -0.3 is 4.57 Å². The summed E-state index contributed by atoms with van der Waals surface area (Å²) in [7, 11) is 0. The topological polar surface area (TPSA) is 4.93 Å². The molecule has 0 atom stereocenters. The molecule has 1 nitrogen and oxygen atoms in total. The number of fused-ring (bicyclic) bond motifs is 1. The van der Waals surface area contributed by atoms with Gasteiger partial charge in [-0.2, -0.15) is 0 Å². The van der Waals surface area contributed by atoms with Crippen molar-refractivity contribution in [2.45, 2.75) is 65.3 Å². The quantitative estimate of drug-likeness (QED) is 0.545. The number of unbranched alkanes of at least 4 members (excludes halogenated alkanes) is 5. The van der Waals surface area contributed by atoms with Crippen molar-refractivity contribution < 1.29 is 0 Å². The lowest BCUT2D eigenvalue weighted by molar-refractivity contribution is 0.565. The fourth-order valence-electron chi connectivity index (χ4n) is 2.87. The molecule has 104 valence electrons. The van der Waals surface area contributed by atoms with Crippen LogP contribution < -0.4 is 0 Å². The Bertz CT molecular complexity index is 495. The van der Waals surface area contributed by atoms with Gasteiger partial charge in [-0.05, 0) is 29.9 Å². The third kappa shape index (κ3) is 3.62. The van der Waals surface area contributed by atoms with Crippen LogP contribution in [0.4, 0.5) is 0 Å². The predicted octanol–water partition coefficient (Wildman–Crippen LogP) is 5.56. The lowest BCUT2D eigenvalue weighted by Crippen LogP contribution is -1.98. The Morgan fingerprint density at radius 2 is 1.68 bits per heavy atom. The number of aromatic nitrogens is 1. The number of benzene rings is 1. The maximum atomic E-state index is 2.45. The third-order valence-electron chi connectivity index (χ3n) is 4.01. The van der Waals surface area contributed by atoms with Gasteiger partial charge >= 0.3 is 0 Å². The summed E-state index contributed by atoms with van der Waals surface area (Å²) in [5, 5.41) is 1.39. The van der Waals surface area contributed by atoms with Crippen LogP contribution in [-0.4, -0.2) is 4.57 Å². The average molecular weight is 257 g/mol. The van der Waals surface area contributed by atoms with Crippen LogP contribution in [0.2, 0.25) is 0 Å². The summed E-state index contributed by atoms with van der Waals surface area (Å²) in [5.41, 5.74) is 2.94. The molecule has 0 saturated heterocycles. The molecule has 0 aliphatic carbocycles. The van der Waals surface area contributed by atoms with Crippen LogP contribution in [0.3, 0.4) is 0 Å². The van der Waals surface area contributed by atoms with E-state index in [1.165, 1.54) is 61.5 Å². The van der Waals surface area contributed by atoms with Gasteiger partial charge in [0.05, 0.1) is 5.52 Å². The highest BCUT2D eigenvalue weighted by molar-refractivity contribution is 5.83. The molecule has 2 aromatic rings. The largest absolute Gasteiger partial charge is 0.347 e. The van der Waals surface area contributed by atoms with Crippen molar-refractivity contribution in [2.24, 2.45) is 0 Å². The van der Waals surface area contributed by atoms with Crippen molar-refractivity contribution in [1.82, 2.24) is 4.57 Å². The summed E-state index contributed by atoms with van der Waals surface area (Å²) < 4.78 is 2.45. The lowest BCUT2D eigenvalue weighted by Gasteiger charge is -2.08. The Balaban J connectivity index is 1.93. The molecule has 1 heteroatoms. The summed E-state index contributed by atoms with van der Waals surface area (Å²) >= 11 is 0. The molecule has 1 heterocycles. The molecule has 0 amide bonds. The fourth-order valence-corrected chi connectivity index (χ4v) is 2.87. The van der Waals surface area contributed by atoms with Crippen LogP contribution in [0, 0.1) is 0 Å². The van der Waals surface area contributed by atoms with Gasteiger partial charge in [0.1, 0.15) is 0 Å². The summed E-state index contributed by atoms with van der Waals surface area (Å²) in [6.45, 7) is 5.70. The fraction of sp³-hybridized carbons (Fsp3) is 0.556. The number of para-hydroxylation sites is 1. The summed E-state index contributed by atoms with van der Waals surface area (Å²) in [6.07, 6.45) is 11.6. The van der Waals surface area contributed by atoms with Crippen LogP contribution in [-0.2, 0) is 13.0 Å². The number of rotatable bonds is 8. The second-order valence-electron chi connectivity index (χ2n) is 5.49. The monoisotopic (exact) mass is 257 g/mol. The van der Waals surface area contributed by atoms with Crippen molar-refractivity contribution in [3.63, 3.8) is 0 Å². The molecule has 0 spiro atoms. The minimum absolute atomic E-state index is 1.12. The molecule has 19 heavy (non-hydrogen) atoms.